The molecular weight excluding hydrogens is 312 g/mol. The van der Waals surface area contributed by atoms with Crippen LogP contribution in [-0.4, -0.2) is 48.7 Å². The number of aryl methyl sites for hydroxylation is 1. The number of carbonyl (C=O) groups is 1. The number of morpholine rings is 1. The maximum absolute atomic E-state index is 12.6. The van der Waals surface area contributed by atoms with E-state index in [2.05, 4.69) is 11.1 Å². The van der Waals surface area contributed by atoms with Gasteiger partial charge < -0.3 is 14.4 Å². The van der Waals surface area contributed by atoms with E-state index in [9.17, 15) is 4.79 Å². The molecule has 0 bridgehead atoms. The van der Waals surface area contributed by atoms with Crippen LogP contribution in [0.4, 0.5) is 0 Å². The molecule has 122 valence electrons. The van der Waals surface area contributed by atoms with Gasteiger partial charge in [0.2, 0.25) is 0 Å². The number of methoxy groups -OCH3 is 1. The molecule has 2 aromatic rings. The average molecular weight is 332 g/mol. The highest BCUT2D eigenvalue weighted by atomic mass is 32.1. The Labute approximate surface area is 139 Å². The third-order valence-corrected chi connectivity index (χ3v) is 4.88. The number of rotatable bonds is 4. The van der Waals surface area contributed by atoms with Crippen molar-refractivity contribution in [1.82, 2.24) is 9.88 Å². The van der Waals surface area contributed by atoms with Crippen LogP contribution in [0.2, 0.25) is 0 Å². The molecule has 1 aliphatic rings. The van der Waals surface area contributed by atoms with Crippen molar-refractivity contribution in [2.24, 2.45) is 0 Å². The van der Waals surface area contributed by atoms with Crippen LogP contribution in [0.3, 0.4) is 0 Å². The van der Waals surface area contributed by atoms with Crippen LogP contribution in [0.1, 0.15) is 20.9 Å². The summed E-state index contributed by atoms with van der Waals surface area (Å²) in [7, 11) is 1.66. The van der Waals surface area contributed by atoms with Crippen LogP contribution in [0.25, 0.3) is 0 Å². The molecule has 23 heavy (non-hydrogen) atoms. The van der Waals surface area contributed by atoms with Gasteiger partial charge in [-0.05, 0) is 24.6 Å². The lowest BCUT2D eigenvalue weighted by molar-refractivity contribution is -0.0207. The average Bonchev–Trinajstić information content (AvgIpc) is 3.00. The molecule has 1 aliphatic heterocycles. The fraction of sp³-hybridized carbons (Fsp3) is 0.412. The zero-order valence-electron chi connectivity index (χ0n) is 13.3. The van der Waals surface area contributed by atoms with Gasteiger partial charge >= 0.3 is 0 Å². The molecule has 1 aromatic carbocycles. The van der Waals surface area contributed by atoms with Crippen molar-refractivity contribution in [1.29, 1.82) is 0 Å². The van der Waals surface area contributed by atoms with Crippen LogP contribution in [0, 0.1) is 6.92 Å². The lowest BCUT2D eigenvalue weighted by atomic mass is 10.1. The van der Waals surface area contributed by atoms with Crippen molar-refractivity contribution >= 4 is 17.2 Å². The van der Waals surface area contributed by atoms with E-state index in [0.717, 1.165) is 28.3 Å². The summed E-state index contributed by atoms with van der Waals surface area (Å²) in [4.78, 5) is 19.4. The summed E-state index contributed by atoms with van der Waals surface area (Å²) >= 11 is 1.40. The van der Waals surface area contributed by atoms with Crippen molar-refractivity contribution in [3.63, 3.8) is 0 Å². The maximum Gasteiger partial charge on any atom is 0.266 e. The van der Waals surface area contributed by atoms with E-state index >= 15 is 0 Å². The molecule has 1 unspecified atom stereocenters. The standard InChI is InChI=1S/C17H20N2O3S/c1-12-16(23-11-18-12)17(20)19-6-7-22-15(10-19)9-13-4-3-5-14(8-13)21-2/h3-5,8,11,15H,6-7,9-10H2,1-2H3. The van der Waals surface area contributed by atoms with Crippen molar-refractivity contribution in [3.05, 3.63) is 45.9 Å². The SMILES string of the molecule is COc1cccc(CC2CN(C(=O)c3scnc3C)CCO2)c1. The van der Waals surface area contributed by atoms with Gasteiger partial charge in [-0.15, -0.1) is 11.3 Å². The first-order valence-corrected chi connectivity index (χ1v) is 8.49. The fourth-order valence-corrected chi connectivity index (χ4v) is 3.51. The summed E-state index contributed by atoms with van der Waals surface area (Å²) in [5.74, 6) is 0.899. The molecule has 0 spiro atoms. The minimum absolute atomic E-state index is 0.00744. The molecule has 0 N–H and O–H groups in total. The summed E-state index contributed by atoms with van der Waals surface area (Å²) in [5, 5.41) is 0. The van der Waals surface area contributed by atoms with Gasteiger partial charge in [0.1, 0.15) is 10.6 Å². The smallest absolute Gasteiger partial charge is 0.266 e. The topological polar surface area (TPSA) is 51.7 Å². The largest absolute Gasteiger partial charge is 0.497 e. The monoisotopic (exact) mass is 332 g/mol. The highest BCUT2D eigenvalue weighted by Gasteiger charge is 2.27. The van der Waals surface area contributed by atoms with E-state index in [4.69, 9.17) is 9.47 Å². The third kappa shape index (κ3) is 3.71. The van der Waals surface area contributed by atoms with Crippen LogP contribution in [-0.2, 0) is 11.2 Å². The normalized spacial score (nSPS) is 18.0. The second kappa shape index (κ2) is 7.10. The Morgan fingerprint density at radius 2 is 2.39 bits per heavy atom. The number of thiazole rings is 1. The Kier molecular flexibility index (Phi) is 4.93. The highest BCUT2D eigenvalue weighted by Crippen LogP contribution is 2.20. The predicted octanol–water partition coefficient (Wildman–Crippen LogP) is 2.54. The van der Waals surface area contributed by atoms with Gasteiger partial charge in [0.05, 0.1) is 31.0 Å². The van der Waals surface area contributed by atoms with Crippen LogP contribution >= 0.6 is 11.3 Å². The Balaban J connectivity index is 1.66. The Bertz CT molecular complexity index is 686. The van der Waals surface area contributed by atoms with Crippen molar-refractivity contribution in [2.75, 3.05) is 26.8 Å². The quantitative estimate of drug-likeness (QED) is 0.863. The number of amides is 1. The minimum Gasteiger partial charge on any atom is -0.497 e. The first-order chi connectivity index (χ1) is 11.2. The van der Waals surface area contributed by atoms with Crippen LogP contribution < -0.4 is 4.74 Å². The molecular formula is C17H20N2O3S. The number of benzene rings is 1. The molecule has 0 saturated carbocycles. The molecule has 0 aliphatic carbocycles. The summed E-state index contributed by atoms with van der Waals surface area (Å²) in [6.07, 6.45) is 0.774. The number of ether oxygens (including phenoxy) is 2. The molecule has 1 fully saturated rings. The van der Waals surface area contributed by atoms with Crippen molar-refractivity contribution in [2.45, 2.75) is 19.4 Å². The number of aromatic nitrogens is 1. The molecule has 2 heterocycles. The number of hydrogen-bond donors (Lipinski definition) is 0. The Hall–Kier alpha value is -1.92. The molecule has 1 saturated heterocycles. The van der Waals surface area contributed by atoms with E-state index in [1.165, 1.54) is 11.3 Å². The fourth-order valence-electron chi connectivity index (χ4n) is 2.74. The Morgan fingerprint density at radius 3 is 3.13 bits per heavy atom. The molecule has 3 rings (SSSR count). The van der Waals surface area contributed by atoms with Gasteiger partial charge in [0, 0.05) is 19.5 Å². The lowest BCUT2D eigenvalue weighted by Gasteiger charge is -2.33. The van der Waals surface area contributed by atoms with Crippen LogP contribution in [0.5, 0.6) is 5.75 Å². The zero-order chi connectivity index (χ0) is 16.2. The van der Waals surface area contributed by atoms with E-state index in [0.29, 0.717) is 19.7 Å². The molecule has 1 aromatic heterocycles. The summed E-state index contributed by atoms with van der Waals surface area (Å²) < 4.78 is 11.1. The third-order valence-electron chi connectivity index (χ3n) is 3.96. The van der Waals surface area contributed by atoms with Crippen molar-refractivity contribution in [3.8, 4) is 5.75 Å². The van der Waals surface area contributed by atoms with E-state index < -0.39 is 0 Å². The molecule has 5 nitrogen and oxygen atoms in total. The number of carbonyl (C=O) groups excluding carboxylic acids is 1. The second-order valence-electron chi connectivity index (χ2n) is 5.57. The summed E-state index contributed by atoms with van der Waals surface area (Å²) in [5.41, 5.74) is 3.67. The van der Waals surface area contributed by atoms with Gasteiger partial charge in [0.15, 0.2) is 0 Å². The number of nitrogens with zero attached hydrogens (tertiary/aromatic N) is 2. The first-order valence-electron chi connectivity index (χ1n) is 7.61. The van der Waals surface area contributed by atoms with Crippen LogP contribution in [0.15, 0.2) is 29.8 Å². The second-order valence-corrected chi connectivity index (χ2v) is 6.42. The molecule has 6 heteroatoms. The molecule has 1 amide bonds. The van der Waals surface area contributed by atoms with Gasteiger partial charge in [0.25, 0.3) is 5.91 Å². The highest BCUT2D eigenvalue weighted by molar-refractivity contribution is 7.11. The Morgan fingerprint density at radius 1 is 1.52 bits per heavy atom. The van der Waals surface area contributed by atoms with Gasteiger partial charge in [-0.2, -0.15) is 0 Å². The van der Waals surface area contributed by atoms with Gasteiger partial charge in [-0.1, -0.05) is 12.1 Å². The minimum atomic E-state index is 0.00744. The van der Waals surface area contributed by atoms with Crippen molar-refractivity contribution < 1.29 is 14.3 Å². The summed E-state index contributed by atoms with van der Waals surface area (Å²) in [6.45, 7) is 3.67. The van der Waals surface area contributed by atoms with Gasteiger partial charge in [-0.25, -0.2) is 4.98 Å². The maximum atomic E-state index is 12.6. The van der Waals surface area contributed by atoms with E-state index in [1.807, 2.05) is 30.0 Å². The molecule has 1 atom stereocenters. The summed E-state index contributed by atoms with van der Waals surface area (Å²) in [6, 6.07) is 7.96. The van der Waals surface area contributed by atoms with Gasteiger partial charge in [-0.3, -0.25) is 4.79 Å². The first kappa shape index (κ1) is 16.0. The van der Waals surface area contributed by atoms with E-state index in [-0.39, 0.29) is 12.0 Å². The lowest BCUT2D eigenvalue weighted by Crippen LogP contribution is -2.46. The predicted molar refractivity (Wildman–Crippen MR) is 89.2 cm³/mol. The van der Waals surface area contributed by atoms with E-state index in [1.54, 1.807) is 12.6 Å². The molecule has 0 radical (unpaired) electrons. The zero-order valence-corrected chi connectivity index (χ0v) is 14.1. The number of hydrogen-bond acceptors (Lipinski definition) is 5.